The topological polar surface area (TPSA) is 92.8 Å². The molecule has 134 valence electrons. The number of carbonyl (C=O) groups excluding carboxylic acids is 1. The number of pyridine rings is 1. The molecular weight excluding hydrogens is 334 g/mol. The lowest BCUT2D eigenvalue weighted by atomic mass is 9.97. The van der Waals surface area contributed by atoms with Gasteiger partial charge >= 0.3 is 0 Å². The lowest BCUT2D eigenvalue weighted by molar-refractivity contribution is 0.0658. The quantitative estimate of drug-likeness (QED) is 0.768. The first-order chi connectivity index (χ1) is 12.7. The summed E-state index contributed by atoms with van der Waals surface area (Å²) in [6.45, 7) is 1.90. The smallest absolute Gasteiger partial charge is 0.255 e. The van der Waals surface area contributed by atoms with Crippen molar-refractivity contribution in [2.45, 2.75) is 12.8 Å². The molecule has 1 aliphatic heterocycles. The molecule has 0 atom stereocenters. The maximum atomic E-state index is 12.5. The third kappa shape index (κ3) is 3.44. The van der Waals surface area contributed by atoms with Crippen LogP contribution in [0.15, 0.2) is 43.0 Å². The zero-order chi connectivity index (χ0) is 17.9. The van der Waals surface area contributed by atoms with Gasteiger partial charge in [0, 0.05) is 37.7 Å². The highest BCUT2D eigenvalue weighted by Gasteiger charge is 2.24. The standard InChI is InChI=1S/C18H19N5O3/c24-15-9-14(10-19-11-15)18(25)22-6-3-13(4-7-22)12-26-17-2-1-16-20-5-8-23(16)21-17/h1-2,5,8-11,13,24H,3-4,6-7,12H2. The highest BCUT2D eigenvalue weighted by molar-refractivity contribution is 5.94. The minimum atomic E-state index is -0.0972. The Kier molecular flexibility index (Phi) is 4.39. The Morgan fingerprint density at radius 3 is 2.92 bits per heavy atom. The normalized spacial score (nSPS) is 15.3. The van der Waals surface area contributed by atoms with Crippen LogP contribution in [0, 0.1) is 5.92 Å². The van der Waals surface area contributed by atoms with Crippen molar-refractivity contribution in [3.8, 4) is 11.6 Å². The van der Waals surface area contributed by atoms with Gasteiger partial charge in [-0.3, -0.25) is 9.78 Å². The second-order valence-electron chi connectivity index (χ2n) is 6.38. The zero-order valence-corrected chi connectivity index (χ0v) is 14.2. The number of hydrogen-bond donors (Lipinski definition) is 1. The fourth-order valence-electron chi connectivity index (χ4n) is 3.11. The van der Waals surface area contributed by atoms with Gasteiger partial charge < -0.3 is 14.7 Å². The van der Waals surface area contributed by atoms with E-state index < -0.39 is 0 Å². The lowest BCUT2D eigenvalue weighted by Crippen LogP contribution is -2.39. The molecule has 0 aromatic carbocycles. The van der Waals surface area contributed by atoms with Gasteiger partial charge in [-0.2, -0.15) is 0 Å². The van der Waals surface area contributed by atoms with Gasteiger partial charge in [0.1, 0.15) is 5.75 Å². The van der Waals surface area contributed by atoms with Crippen molar-refractivity contribution in [2.24, 2.45) is 5.92 Å². The van der Waals surface area contributed by atoms with E-state index in [-0.39, 0.29) is 11.7 Å². The Morgan fingerprint density at radius 1 is 1.27 bits per heavy atom. The molecule has 1 fully saturated rings. The van der Waals surface area contributed by atoms with Gasteiger partial charge in [0.2, 0.25) is 5.88 Å². The van der Waals surface area contributed by atoms with E-state index in [1.807, 2.05) is 12.1 Å². The third-order valence-electron chi connectivity index (χ3n) is 4.57. The lowest BCUT2D eigenvalue weighted by Gasteiger charge is -2.31. The minimum absolute atomic E-state index is 0.00139. The molecule has 0 radical (unpaired) electrons. The fourth-order valence-corrected chi connectivity index (χ4v) is 3.11. The molecule has 1 aliphatic rings. The number of rotatable bonds is 4. The van der Waals surface area contributed by atoms with Crippen LogP contribution in [-0.2, 0) is 0 Å². The summed E-state index contributed by atoms with van der Waals surface area (Å²) in [5, 5.41) is 13.8. The van der Waals surface area contributed by atoms with Crippen molar-refractivity contribution in [3.63, 3.8) is 0 Å². The van der Waals surface area contributed by atoms with E-state index in [0.717, 1.165) is 18.5 Å². The van der Waals surface area contributed by atoms with E-state index >= 15 is 0 Å². The van der Waals surface area contributed by atoms with Crippen LogP contribution in [0.1, 0.15) is 23.2 Å². The molecule has 1 N–H and O–H groups in total. The van der Waals surface area contributed by atoms with E-state index in [1.165, 1.54) is 18.5 Å². The predicted octanol–water partition coefficient (Wildman–Crippen LogP) is 1.76. The van der Waals surface area contributed by atoms with Crippen molar-refractivity contribution in [1.29, 1.82) is 0 Å². The molecular formula is C18H19N5O3. The molecule has 0 saturated carbocycles. The largest absolute Gasteiger partial charge is 0.506 e. The van der Waals surface area contributed by atoms with E-state index in [1.54, 1.807) is 21.8 Å². The molecule has 0 spiro atoms. The average molecular weight is 353 g/mol. The summed E-state index contributed by atoms with van der Waals surface area (Å²) < 4.78 is 7.49. The molecule has 1 saturated heterocycles. The van der Waals surface area contributed by atoms with Crippen LogP contribution in [0.4, 0.5) is 0 Å². The Balaban J connectivity index is 1.30. The van der Waals surface area contributed by atoms with Crippen LogP contribution < -0.4 is 4.74 Å². The van der Waals surface area contributed by atoms with Crippen LogP contribution in [0.3, 0.4) is 0 Å². The molecule has 0 bridgehead atoms. The number of amides is 1. The van der Waals surface area contributed by atoms with Crippen molar-refractivity contribution >= 4 is 11.6 Å². The monoisotopic (exact) mass is 353 g/mol. The first-order valence-electron chi connectivity index (χ1n) is 8.55. The summed E-state index contributed by atoms with van der Waals surface area (Å²) in [6.07, 6.45) is 8.00. The van der Waals surface area contributed by atoms with Gasteiger partial charge in [-0.1, -0.05) is 0 Å². The fraction of sp³-hybridized carbons (Fsp3) is 0.333. The molecule has 4 heterocycles. The summed E-state index contributed by atoms with van der Waals surface area (Å²) in [5.41, 5.74) is 1.20. The Labute approximate surface area is 150 Å². The number of aromatic hydroxyl groups is 1. The number of ether oxygens (including phenoxy) is 1. The Morgan fingerprint density at radius 2 is 2.12 bits per heavy atom. The summed E-state index contributed by atoms with van der Waals surface area (Å²) in [6, 6.07) is 5.13. The number of piperidine rings is 1. The molecule has 3 aromatic heterocycles. The van der Waals surface area contributed by atoms with Crippen LogP contribution in [-0.4, -0.2) is 55.2 Å². The molecule has 26 heavy (non-hydrogen) atoms. The maximum Gasteiger partial charge on any atom is 0.255 e. The number of fused-ring (bicyclic) bond motifs is 1. The molecule has 0 unspecified atom stereocenters. The van der Waals surface area contributed by atoms with Crippen LogP contribution in [0.5, 0.6) is 11.6 Å². The van der Waals surface area contributed by atoms with E-state index in [4.69, 9.17) is 4.74 Å². The summed E-state index contributed by atoms with van der Waals surface area (Å²) in [4.78, 5) is 22.3. The number of aromatic nitrogens is 4. The van der Waals surface area contributed by atoms with Crippen LogP contribution in [0.2, 0.25) is 0 Å². The molecule has 8 nitrogen and oxygen atoms in total. The maximum absolute atomic E-state index is 12.5. The van der Waals surface area contributed by atoms with Gasteiger partial charge in [-0.15, -0.1) is 5.10 Å². The van der Waals surface area contributed by atoms with Gasteiger partial charge in [0.05, 0.1) is 18.4 Å². The number of nitrogens with zero attached hydrogens (tertiary/aromatic N) is 5. The molecule has 4 rings (SSSR count). The summed E-state index contributed by atoms with van der Waals surface area (Å²) >= 11 is 0. The van der Waals surface area contributed by atoms with Crippen LogP contribution in [0.25, 0.3) is 5.65 Å². The minimum Gasteiger partial charge on any atom is -0.506 e. The van der Waals surface area contributed by atoms with Crippen molar-refractivity contribution < 1.29 is 14.6 Å². The van der Waals surface area contributed by atoms with E-state index in [2.05, 4.69) is 15.1 Å². The second kappa shape index (κ2) is 6.99. The number of imidazole rings is 1. The molecule has 8 heteroatoms. The van der Waals surface area contributed by atoms with E-state index in [9.17, 15) is 9.90 Å². The van der Waals surface area contributed by atoms with Gasteiger partial charge in [0.25, 0.3) is 5.91 Å². The van der Waals surface area contributed by atoms with Crippen LogP contribution >= 0.6 is 0 Å². The molecule has 0 aliphatic carbocycles. The number of hydrogen-bond acceptors (Lipinski definition) is 6. The zero-order valence-electron chi connectivity index (χ0n) is 14.2. The second-order valence-corrected chi connectivity index (χ2v) is 6.38. The number of carbonyl (C=O) groups is 1. The first kappa shape index (κ1) is 16.3. The molecule has 1 amide bonds. The summed E-state index contributed by atoms with van der Waals surface area (Å²) in [7, 11) is 0. The number of likely N-dealkylation sites (tertiary alicyclic amines) is 1. The van der Waals surface area contributed by atoms with Crippen molar-refractivity contribution in [3.05, 3.63) is 48.5 Å². The molecule has 3 aromatic rings. The first-order valence-corrected chi connectivity index (χ1v) is 8.55. The van der Waals surface area contributed by atoms with Gasteiger partial charge in [-0.25, -0.2) is 9.50 Å². The van der Waals surface area contributed by atoms with Gasteiger partial charge in [-0.05, 0) is 30.9 Å². The van der Waals surface area contributed by atoms with Crippen molar-refractivity contribution in [2.75, 3.05) is 19.7 Å². The van der Waals surface area contributed by atoms with Crippen molar-refractivity contribution in [1.82, 2.24) is 24.5 Å². The highest BCUT2D eigenvalue weighted by atomic mass is 16.5. The Bertz CT molecular complexity index is 918. The average Bonchev–Trinajstić information content (AvgIpc) is 3.14. The van der Waals surface area contributed by atoms with Gasteiger partial charge in [0.15, 0.2) is 5.65 Å². The summed E-state index contributed by atoms with van der Waals surface area (Å²) in [5.74, 6) is 0.850. The SMILES string of the molecule is O=C(c1cncc(O)c1)N1CCC(COc2ccc3nccn3n2)CC1. The third-order valence-corrected chi connectivity index (χ3v) is 4.57. The predicted molar refractivity (Wildman–Crippen MR) is 93.0 cm³/mol. The van der Waals surface area contributed by atoms with E-state index in [0.29, 0.717) is 37.1 Å². The Hall–Kier alpha value is -3.16. The highest BCUT2D eigenvalue weighted by Crippen LogP contribution is 2.21.